The van der Waals surface area contributed by atoms with Gasteiger partial charge in [0.05, 0.1) is 37.6 Å². The number of benzene rings is 3. The number of carbonyl (C=O) groups excluding carboxylic acids is 1. The fourth-order valence-corrected chi connectivity index (χ4v) is 5.76. The number of hydrogen-bond acceptors (Lipinski definition) is 7. The number of nitrogens with zero attached hydrogens (tertiary/aromatic N) is 4. The predicted molar refractivity (Wildman–Crippen MR) is 175 cm³/mol. The molecule has 2 N–H and O–H groups in total. The van der Waals surface area contributed by atoms with Gasteiger partial charge in [-0.3, -0.25) is 14.7 Å². The lowest BCUT2D eigenvalue weighted by Gasteiger charge is -2.26. The second-order valence-electron chi connectivity index (χ2n) is 10.5. The van der Waals surface area contributed by atoms with E-state index < -0.39 is 0 Å². The first-order chi connectivity index (χ1) is 21.1. The summed E-state index contributed by atoms with van der Waals surface area (Å²) in [5, 5.41) is 6.30. The molecule has 0 atom stereocenters. The standard InChI is InChI=1S/C33H32FIN6O2/c34-29-4-2-1-3-27(29)32-28-17-23(19-35)7-10-26(28)31-24(20-37-32)21-38-33(40-31)39-25-8-5-22(6-9-25)18-30(42)36-11-12-41-13-15-43-16-14-41/h1-10,17,21H,11-16,18-20H2,(H,36,42)(H,38,39,40). The molecule has 2 aliphatic heterocycles. The van der Waals surface area contributed by atoms with E-state index in [-0.39, 0.29) is 11.7 Å². The molecule has 3 aromatic carbocycles. The third kappa shape index (κ3) is 7.09. The van der Waals surface area contributed by atoms with Gasteiger partial charge in [0, 0.05) is 64.7 Å². The molecule has 0 aliphatic carbocycles. The van der Waals surface area contributed by atoms with Gasteiger partial charge in [-0.05, 0) is 41.5 Å². The van der Waals surface area contributed by atoms with E-state index in [2.05, 4.69) is 55.2 Å². The lowest BCUT2D eigenvalue weighted by atomic mass is 9.93. The van der Waals surface area contributed by atoms with E-state index in [1.54, 1.807) is 18.3 Å². The van der Waals surface area contributed by atoms with Gasteiger partial charge >= 0.3 is 0 Å². The third-order valence-electron chi connectivity index (χ3n) is 7.58. The Morgan fingerprint density at radius 1 is 0.977 bits per heavy atom. The largest absolute Gasteiger partial charge is 0.379 e. The Hall–Kier alpha value is -3.74. The van der Waals surface area contributed by atoms with Crippen LogP contribution in [0.3, 0.4) is 0 Å². The van der Waals surface area contributed by atoms with Gasteiger partial charge in [0.2, 0.25) is 11.9 Å². The molecule has 3 heterocycles. The number of ether oxygens (including phenoxy) is 1. The van der Waals surface area contributed by atoms with Gasteiger partial charge in [-0.2, -0.15) is 0 Å². The smallest absolute Gasteiger partial charge is 0.227 e. The highest BCUT2D eigenvalue weighted by molar-refractivity contribution is 14.1. The molecule has 10 heteroatoms. The molecule has 4 aromatic rings. The number of fused-ring (bicyclic) bond motifs is 3. The van der Waals surface area contributed by atoms with E-state index in [1.807, 2.05) is 36.4 Å². The zero-order valence-electron chi connectivity index (χ0n) is 23.7. The Balaban J connectivity index is 1.16. The second-order valence-corrected chi connectivity index (χ2v) is 11.3. The first kappa shape index (κ1) is 29.3. The zero-order chi connectivity index (χ0) is 29.6. The van der Waals surface area contributed by atoms with Crippen LogP contribution in [-0.4, -0.2) is 65.9 Å². The summed E-state index contributed by atoms with van der Waals surface area (Å²) in [5.74, 6) is 0.149. The molecule has 1 saturated heterocycles. The summed E-state index contributed by atoms with van der Waals surface area (Å²) < 4.78 is 21.1. The fraction of sp³-hybridized carbons (Fsp3) is 0.273. The van der Waals surface area contributed by atoms with Crippen molar-refractivity contribution in [1.29, 1.82) is 0 Å². The van der Waals surface area contributed by atoms with Crippen LogP contribution in [0.4, 0.5) is 16.0 Å². The number of amides is 1. The molecular weight excluding hydrogens is 658 g/mol. The summed E-state index contributed by atoms with van der Waals surface area (Å²) in [7, 11) is 0. The Kier molecular flexibility index (Phi) is 9.35. The monoisotopic (exact) mass is 690 g/mol. The molecular formula is C33H32FIN6O2. The van der Waals surface area contributed by atoms with E-state index in [0.29, 0.717) is 36.7 Å². The van der Waals surface area contributed by atoms with Crippen molar-refractivity contribution in [2.75, 3.05) is 44.7 Å². The van der Waals surface area contributed by atoms with Crippen LogP contribution < -0.4 is 10.6 Å². The van der Waals surface area contributed by atoms with E-state index in [1.165, 1.54) is 6.07 Å². The van der Waals surface area contributed by atoms with Crippen molar-refractivity contribution in [3.05, 3.63) is 107 Å². The number of carbonyl (C=O) groups is 1. The normalized spacial score (nSPS) is 14.7. The van der Waals surface area contributed by atoms with E-state index in [0.717, 1.165) is 76.5 Å². The molecule has 1 amide bonds. The highest BCUT2D eigenvalue weighted by Gasteiger charge is 2.23. The van der Waals surface area contributed by atoms with Crippen LogP contribution in [0.2, 0.25) is 0 Å². The van der Waals surface area contributed by atoms with E-state index in [9.17, 15) is 9.18 Å². The minimum atomic E-state index is -0.305. The summed E-state index contributed by atoms with van der Waals surface area (Å²) in [6.07, 6.45) is 2.10. The first-order valence-corrected chi connectivity index (χ1v) is 15.9. The van der Waals surface area contributed by atoms with Crippen molar-refractivity contribution in [2.24, 2.45) is 4.99 Å². The van der Waals surface area contributed by atoms with Crippen LogP contribution in [-0.2, 0) is 26.9 Å². The topological polar surface area (TPSA) is 91.7 Å². The van der Waals surface area contributed by atoms with Crippen molar-refractivity contribution in [2.45, 2.75) is 17.4 Å². The van der Waals surface area contributed by atoms with E-state index >= 15 is 0 Å². The van der Waals surface area contributed by atoms with Crippen LogP contribution in [0.15, 0.2) is 77.9 Å². The maximum atomic E-state index is 14.9. The van der Waals surface area contributed by atoms with Crippen molar-refractivity contribution in [3.8, 4) is 11.3 Å². The van der Waals surface area contributed by atoms with Crippen molar-refractivity contribution >= 4 is 45.8 Å². The van der Waals surface area contributed by atoms with Gasteiger partial charge in [0.15, 0.2) is 0 Å². The lowest BCUT2D eigenvalue weighted by Crippen LogP contribution is -2.41. The number of morpholine rings is 1. The molecule has 1 fully saturated rings. The molecule has 6 rings (SSSR count). The average molecular weight is 691 g/mol. The van der Waals surface area contributed by atoms with Crippen molar-refractivity contribution in [3.63, 3.8) is 0 Å². The molecule has 0 unspecified atom stereocenters. The predicted octanol–water partition coefficient (Wildman–Crippen LogP) is 5.30. The fourth-order valence-electron chi connectivity index (χ4n) is 5.29. The van der Waals surface area contributed by atoms with Gasteiger partial charge in [0.1, 0.15) is 5.82 Å². The van der Waals surface area contributed by atoms with E-state index in [4.69, 9.17) is 14.7 Å². The molecule has 1 aromatic heterocycles. The summed E-state index contributed by atoms with van der Waals surface area (Å²) in [4.78, 5) is 29.0. The highest BCUT2D eigenvalue weighted by Crippen LogP contribution is 2.33. The number of rotatable bonds is 9. The highest BCUT2D eigenvalue weighted by atomic mass is 127. The Morgan fingerprint density at radius 2 is 1.77 bits per heavy atom. The average Bonchev–Trinajstić information content (AvgIpc) is 3.19. The Morgan fingerprint density at radius 3 is 2.56 bits per heavy atom. The van der Waals surface area contributed by atoms with Crippen LogP contribution in [0.5, 0.6) is 0 Å². The maximum Gasteiger partial charge on any atom is 0.227 e. The molecule has 0 radical (unpaired) electrons. The Bertz CT molecular complexity index is 1640. The summed E-state index contributed by atoms with van der Waals surface area (Å²) in [5.41, 5.74) is 7.35. The number of aromatic nitrogens is 2. The molecule has 8 nitrogen and oxygen atoms in total. The van der Waals surface area contributed by atoms with Crippen molar-refractivity contribution < 1.29 is 13.9 Å². The summed E-state index contributed by atoms with van der Waals surface area (Å²) >= 11 is 2.33. The quantitative estimate of drug-likeness (QED) is 0.183. The number of hydrogen-bond donors (Lipinski definition) is 2. The maximum absolute atomic E-state index is 14.9. The Labute approximate surface area is 264 Å². The molecule has 0 saturated carbocycles. The van der Waals surface area contributed by atoms with Crippen LogP contribution in [0.25, 0.3) is 11.3 Å². The minimum absolute atomic E-state index is 0.00409. The van der Waals surface area contributed by atoms with Gasteiger partial charge in [0.25, 0.3) is 0 Å². The SMILES string of the molecule is O=C(Cc1ccc(Nc2ncc3c(n2)-c2ccc(CI)cc2C(c2ccccc2F)=NC3)cc1)NCCN1CCOCC1. The third-order valence-corrected chi connectivity index (χ3v) is 8.46. The number of alkyl halides is 1. The zero-order valence-corrected chi connectivity index (χ0v) is 25.8. The number of nitrogens with one attached hydrogen (secondary N) is 2. The van der Waals surface area contributed by atoms with Crippen LogP contribution in [0.1, 0.15) is 27.8 Å². The molecule has 0 bridgehead atoms. The molecule has 220 valence electrons. The minimum Gasteiger partial charge on any atom is -0.379 e. The number of halogens is 2. The van der Waals surface area contributed by atoms with Crippen LogP contribution >= 0.6 is 22.6 Å². The summed E-state index contributed by atoms with van der Waals surface area (Å²) in [6.45, 7) is 5.13. The number of anilines is 2. The number of aliphatic imine (C=N–C) groups is 1. The second kappa shape index (κ2) is 13.7. The van der Waals surface area contributed by atoms with Gasteiger partial charge in [-0.1, -0.05) is 59.0 Å². The lowest BCUT2D eigenvalue weighted by molar-refractivity contribution is -0.120. The van der Waals surface area contributed by atoms with Gasteiger partial charge < -0.3 is 15.4 Å². The molecule has 43 heavy (non-hydrogen) atoms. The molecule has 0 spiro atoms. The first-order valence-electron chi connectivity index (χ1n) is 14.3. The molecule has 2 aliphatic rings. The van der Waals surface area contributed by atoms with Gasteiger partial charge in [-0.15, -0.1) is 0 Å². The van der Waals surface area contributed by atoms with Gasteiger partial charge in [-0.25, -0.2) is 14.4 Å². The van der Waals surface area contributed by atoms with Crippen LogP contribution in [0, 0.1) is 5.82 Å². The summed E-state index contributed by atoms with van der Waals surface area (Å²) in [6, 6.07) is 20.6. The van der Waals surface area contributed by atoms with Crippen molar-refractivity contribution in [1.82, 2.24) is 20.2 Å².